The smallest absolute Gasteiger partial charge is 0.171 e. The molecule has 3 nitrogen and oxygen atoms in total. The third-order valence-electron chi connectivity index (χ3n) is 3.85. The summed E-state index contributed by atoms with van der Waals surface area (Å²) >= 11 is 17.1. The predicted octanol–water partition coefficient (Wildman–Crippen LogP) is 4.97. The molecule has 132 valence electrons. The minimum absolute atomic E-state index is 0.0419. The van der Waals surface area contributed by atoms with Crippen molar-refractivity contribution in [2.24, 2.45) is 0 Å². The standard InChI is InChI=1S/C18H17Cl2FN2OS/c1-18(2,11-3-8-14(19)15(20)9-11)16(24)10-22-17(25)23-13-6-4-12(21)5-7-13/h3-9H,10H2,1-2H3,(H2,22,23,25). The van der Waals surface area contributed by atoms with Crippen LogP contribution in [0.5, 0.6) is 0 Å². The average molecular weight is 399 g/mol. The van der Waals surface area contributed by atoms with Gasteiger partial charge >= 0.3 is 0 Å². The normalized spacial score (nSPS) is 11.1. The molecule has 2 N–H and O–H groups in total. The molecular weight excluding hydrogens is 382 g/mol. The van der Waals surface area contributed by atoms with Crippen LogP contribution in [0.4, 0.5) is 10.1 Å². The third-order valence-corrected chi connectivity index (χ3v) is 4.84. The summed E-state index contributed by atoms with van der Waals surface area (Å²) in [5.74, 6) is -0.392. The number of halogens is 3. The van der Waals surface area contributed by atoms with E-state index in [1.165, 1.54) is 12.1 Å². The van der Waals surface area contributed by atoms with Crippen molar-refractivity contribution in [2.75, 3.05) is 11.9 Å². The number of ketones is 1. The van der Waals surface area contributed by atoms with E-state index >= 15 is 0 Å². The first-order valence-corrected chi connectivity index (χ1v) is 8.66. The van der Waals surface area contributed by atoms with Gasteiger partial charge < -0.3 is 10.6 Å². The van der Waals surface area contributed by atoms with Gasteiger partial charge in [0.15, 0.2) is 10.9 Å². The molecule has 0 amide bonds. The second-order valence-electron chi connectivity index (χ2n) is 5.99. The summed E-state index contributed by atoms with van der Waals surface area (Å²) in [4.78, 5) is 12.6. The summed E-state index contributed by atoms with van der Waals surface area (Å²) in [5, 5.41) is 6.89. The quantitative estimate of drug-likeness (QED) is 0.697. The number of nitrogens with one attached hydrogen (secondary N) is 2. The molecule has 0 aliphatic carbocycles. The minimum Gasteiger partial charge on any atom is -0.355 e. The summed E-state index contributed by atoms with van der Waals surface area (Å²) in [5.41, 5.74) is 0.647. The predicted molar refractivity (Wildman–Crippen MR) is 105 cm³/mol. The third kappa shape index (κ3) is 5.14. The maximum Gasteiger partial charge on any atom is 0.171 e. The molecule has 7 heteroatoms. The lowest BCUT2D eigenvalue weighted by atomic mass is 9.80. The van der Waals surface area contributed by atoms with Gasteiger partial charge in [-0.1, -0.05) is 29.3 Å². The second-order valence-corrected chi connectivity index (χ2v) is 7.21. The molecule has 0 bridgehead atoms. The lowest BCUT2D eigenvalue weighted by Gasteiger charge is -2.24. The van der Waals surface area contributed by atoms with Crippen LogP contribution in [0.3, 0.4) is 0 Å². The molecule has 25 heavy (non-hydrogen) atoms. The van der Waals surface area contributed by atoms with Crippen molar-refractivity contribution in [1.29, 1.82) is 0 Å². The highest BCUT2D eigenvalue weighted by atomic mass is 35.5. The van der Waals surface area contributed by atoms with Gasteiger partial charge in [0.1, 0.15) is 5.82 Å². The van der Waals surface area contributed by atoms with Crippen molar-refractivity contribution in [3.8, 4) is 0 Å². The Morgan fingerprint density at radius 2 is 1.76 bits per heavy atom. The van der Waals surface area contributed by atoms with Crippen molar-refractivity contribution in [2.45, 2.75) is 19.3 Å². The Morgan fingerprint density at radius 3 is 2.36 bits per heavy atom. The average Bonchev–Trinajstić information content (AvgIpc) is 2.57. The summed E-state index contributed by atoms with van der Waals surface area (Å²) in [6, 6.07) is 10.9. The Labute approximate surface area is 161 Å². The van der Waals surface area contributed by atoms with Gasteiger partial charge in [-0.15, -0.1) is 0 Å². The van der Waals surface area contributed by atoms with E-state index < -0.39 is 5.41 Å². The van der Waals surface area contributed by atoms with Gasteiger partial charge in [0, 0.05) is 5.69 Å². The highest BCUT2D eigenvalue weighted by Crippen LogP contribution is 2.30. The number of carbonyl (C=O) groups is 1. The monoisotopic (exact) mass is 398 g/mol. The Bertz CT molecular complexity index is 794. The van der Waals surface area contributed by atoms with Gasteiger partial charge in [0.05, 0.1) is 22.0 Å². The molecule has 2 aromatic rings. The fourth-order valence-electron chi connectivity index (χ4n) is 2.14. The van der Waals surface area contributed by atoms with Crippen LogP contribution in [0.15, 0.2) is 42.5 Å². The number of Topliss-reactive ketones (excluding diaryl/α,β-unsaturated/α-hetero) is 1. The number of hydrogen-bond acceptors (Lipinski definition) is 2. The van der Waals surface area contributed by atoms with E-state index in [1.54, 1.807) is 30.3 Å². The van der Waals surface area contributed by atoms with Crippen LogP contribution in [-0.2, 0) is 10.2 Å². The molecule has 0 fully saturated rings. The summed E-state index contributed by atoms with van der Waals surface area (Å²) in [6.07, 6.45) is 0. The topological polar surface area (TPSA) is 41.1 Å². The van der Waals surface area contributed by atoms with Crippen LogP contribution in [0, 0.1) is 5.82 Å². The fourth-order valence-corrected chi connectivity index (χ4v) is 2.62. The molecule has 2 rings (SSSR count). The van der Waals surface area contributed by atoms with Crippen LogP contribution >= 0.6 is 35.4 Å². The maximum absolute atomic E-state index is 12.9. The Morgan fingerprint density at radius 1 is 1.12 bits per heavy atom. The SMILES string of the molecule is CC(C)(C(=O)CNC(=S)Nc1ccc(F)cc1)c1ccc(Cl)c(Cl)c1. The van der Waals surface area contributed by atoms with Crippen LogP contribution in [0.2, 0.25) is 10.0 Å². The van der Waals surface area contributed by atoms with Gasteiger partial charge in [-0.2, -0.15) is 0 Å². The van der Waals surface area contributed by atoms with Gasteiger partial charge in [0.2, 0.25) is 0 Å². The van der Waals surface area contributed by atoms with Crippen molar-refractivity contribution < 1.29 is 9.18 Å². The van der Waals surface area contributed by atoms with Crippen molar-refractivity contribution in [3.63, 3.8) is 0 Å². The highest BCUT2D eigenvalue weighted by molar-refractivity contribution is 7.80. The number of anilines is 1. The van der Waals surface area contributed by atoms with Crippen LogP contribution in [0.25, 0.3) is 0 Å². The second kappa shape index (κ2) is 8.13. The zero-order valence-electron chi connectivity index (χ0n) is 13.7. The number of rotatable bonds is 5. The van der Waals surface area contributed by atoms with E-state index in [0.29, 0.717) is 15.7 Å². The summed E-state index contributed by atoms with van der Waals surface area (Å²) in [7, 11) is 0. The molecular formula is C18H17Cl2FN2OS. The maximum atomic E-state index is 12.9. The van der Waals surface area contributed by atoms with Crippen LogP contribution < -0.4 is 10.6 Å². The molecule has 0 aliphatic heterocycles. The van der Waals surface area contributed by atoms with E-state index in [4.69, 9.17) is 35.4 Å². The van der Waals surface area contributed by atoms with E-state index in [1.807, 2.05) is 13.8 Å². The van der Waals surface area contributed by atoms with Gasteiger partial charge in [0.25, 0.3) is 0 Å². The number of thiocarbonyl (C=S) groups is 1. The molecule has 0 saturated carbocycles. The first-order chi connectivity index (χ1) is 11.7. The highest BCUT2D eigenvalue weighted by Gasteiger charge is 2.29. The molecule has 0 unspecified atom stereocenters. The van der Waals surface area contributed by atoms with Gasteiger partial charge in [-0.25, -0.2) is 4.39 Å². The minimum atomic E-state index is -0.757. The molecule has 0 aromatic heterocycles. The first-order valence-electron chi connectivity index (χ1n) is 7.49. The molecule has 0 aliphatic rings. The Hall–Kier alpha value is -1.69. The van der Waals surface area contributed by atoms with Gasteiger partial charge in [-0.05, 0) is 68.0 Å². The molecule has 2 aromatic carbocycles. The zero-order chi connectivity index (χ0) is 18.6. The van der Waals surface area contributed by atoms with Gasteiger partial charge in [-0.3, -0.25) is 4.79 Å². The number of carbonyl (C=O) groups excluding carboxylic acids is 1. The summed E-state index contributed by atoms with van der Waals surface area (Å²) in [6.45, 7) is 3.67. The lowest BCUT2D eigenvalue weighted by Crippen LogP contribution is -2.40. The molecule has 0 radical (unpaired) electrons. The Balaban J connectivity index is 1.96. The Kier molecular flexibility index (Phi) is 6.38. The van der Waals surface area contributed by atoms with E-state index in [9.17, 15) is 9.18 Å². The molecule has 0 atom stereocenters. The van der Waals surface area contributed by atoms with Crippen molar-refractivity contribution in [3.05, 3.63) is 63.9 Å². The van der Waals surface area contributed by atoms with E-state index in [-0.39, 0.29) is 23.3 Å². The van der Waals surface area contributed by atoms with E-state index in [0.717, 1.165) is 5.56 Å². The molecule has 0 saturated heterocycles. The lowest BCUT2D eigenvalue weighted by molar-refractivity contribution is -0.122. The van der Waals surface area contributed by atoms with E-state index in [2.05, 4.69) is 10.6 Å². The van der Waals surface area contributed by atoms with Crippen molar-refractivity contribution in [1.82, 2.24) is 5.32 Å². The van der Waals surface area contributed by atoms with Crippen molar-refractivity contribution >= 4 is 52.0 Å². The zero-order valence-corrected chi connectivity index (χ0v) is 16.0. The first kappa shape index (κ1) is 19.6. The summed E-state index contributed by atoms with van der Waals surface area (Å²) < 4.78 is 12.9. The van der Waals surface area contributed by atoms with Crippen LogP contribution in [0.1, 0.15) is 19.4 Å². The van der Waals surface area contributed by atoms with Crippen LogP contribution in [-0.4, -0.2) is 17.4 Å². The largest absolute Gasteiger partial charge is 0.355 e. The fraction of sp³-hybridized carbons (Fsp3) is 0.222. The number of hydrogen-bond donors (Lipinski definition) is 2. The molecule has 0 spiro atoms. The number of benzene rings is 2. The molecule has 0 heterocycles.